The third kappa shape index (κ3) is 4.27. The molecule has 1 heterocycles. The van der Waals surface area contributed by atoms with Gasteiger partial charge in [0.1, 0.15) is 0 Å². The summed E-state index contributed by atoms with van der Waals surface area (Å²) < 4.78 is 5.33. The highest BCUT2D eigenvalue weighted by molar-refractivity contribution is 5.95. The summed E-state index contributed by atoms with van der Waals surface area (Å²) in [5.41, 5.74) is 1.01. The van der Waals surface area contributed by atoms with Gasteiger partial charge in [0.25, 0.3) is 11.6 Å². The third-order valence-corrected chi connectivity index (χ3v) is 4.40. The summed E-state index contributed by atoms with van der Waals surface area (Å²) in [4.78, 5) is 22.7. The van der Waals surface area contributed by atoms with Gasteiger partial charge >= 0.3 is 0 Å². The van der Waals surface area contributed by atoms with E-state index in [1.165, 1.54) is 18.2 Å². The average molecular weight is 321 g/mol. The molecule has 0 bridgehead atoms. The van der Waals surface area contributed by atoms with Gasteiger partial charge in [0.2, 0.25) is 0 Å². The first-order valence-electron chi connectivity index (χ1n) is 7.70. The van der Waals surface area contributed by atoms with Crippen LogP contribution in [0.15, 0.2) is 18.2 Å². The summed E-state index contributed by atoms with van der Waals surface area (Å²) >= 11 is 0. The SMILES string of the molecule is COCC1(CNC(=O)c2ccc([N+](=O)[O-])cc2C)CCNCC1. The zero-order chi connectivity index (χ0) is 16.9. The van der Waals surface area contributed by atoms with E-state index in [1.807, 2.05) is 0 Å². The number of hydrogen-bond acceptors (Lipinski definition) is 5. The fourth-order valence-electron chi connectivity index (χ4n) is 3.01. The lowest BCUT2D eigenvalue weighted by atomic mass is 9.79. The Hall–Kier alpha value is -1.99. The maximum Gasteiger partial charge on any atom is 0.269 e. The largest absolute Gasteiger partial charge is 0.384 e. The van der Waals surface area contributed by atoms with Crippen LogP contribution < -0.4 is 10.6 Å². The van der Waals surface area contributed by atoms with Crippen LogP contribution in [0.4, 0.5) is 5.69 Å². The van der Waals surface area contributed by atoms with Gasteiger partial charge in [0, 0.05) is 36.8 Å². The summed E-state index contributed by atoms with van der Waals surface area (Å²) in [7, 11) is 1.67. The van der Waals surface area contributed by atoms with Crippen molar-refractivity contribution in [2.75, 3.05) is 33.4 Å². The van der Waals surface area contributed by atoms with Gasteiger partial charge < -0.3 is 15.4 Å². The molecule has 1 saturated heterocycles. The smallest absolute Gasteiger partial charge is 0.269 e. The van der Waals surface area contributed by atoms with Gasteiger partial charge in [-0.25, -0.2) is 0 Å². The number of ether oxygens (including phenoxy) is 1. The number of piperidine rings is 1. The molecule has 0 radical (unpaired) electrons. The Labute approximate surface area is 135 Å². The molecule has 7 heteroatoms. The minimum Gasteiger partial charge on any atom is -0.384 e. The van der Waals surface area contributed by atoms with Crippen molar-refractivity contribution in [1.29, 1.82) is 0 Å². The third-order valence-electron chi connectivity index (χ3n) is 4.40. The summed E-state index contributed by atoms with van der Waals surface area (Å²) in [6.07, 6.45) is 1.89. The fourth-order valence-corrected chi connectivity index (χ4v) is 3.01. The van der Waals surface area contributed by atoms with Crippen LogP contribution in [-0.4, -0.2) is 44.2 Å². The molecule has 7 nitrogen and oxygen atoms in total. The van der Waals surface area contributed by atoms with Crippen molar-refractivity contribution in [3.05, 3.63) is 39.4 Å². The van der Waals surface area contributed by atoms with Gasteiger partial charge in [-0.2, -0.15) is 0 Å². The molecule has 0 saturated carbocycles. The molecule has 1 aliphatic rings. The fraction of sp³-hybridized carbons (Fsp3) is 0.562. The zero-order valence-corrected chi connectivity index (χ0v) is 13.6. The number of nitrogens with zero attached hydrogens (tertiary/aromatic N) is 1. The number of nitro benzene ring substituents is 1. The van der Waals surface area contributed by atoms with Crippen LogP contribution in [-0.2, 0) is 4.74 Å². The van der Waals surface area contributed by atoms with Crippen LogP contribution >= 0.6 is 0 Å². The molecule has 0 atom stereocenters. The standard InChI is InChI=1S/C16H23N3O4/c1-12-9-13(19(21)22)3-4-14(12)15(20)18-10-16(11-23-2)5-7-17-8-6-16/h3-4,9,17H,5-8,10-11H2,1-2H3,(H,18,20). The van der Waals surface area contributed by atoms with E-state index in [2.05, 4.69) is 10.6 Å². The first kappa shape index (κ1) is 17.4. The zero-order valence-electron chi connectivity index (χ0n) is 13.6. The number of amides is 1. The maximum atomic E-state index is 12.4. The molecule has 1 amide bonds. The number of carbonyl (C=O) groups is 1. The van der Waals surface area contributed by atoms with Gasteiger partial charge in [-0.15, -0.1) is 0 Å². The molecular weight excluding hydrogens is 298 g/mol. The van der Waals surface area contributed by atoms with Crippen LogP contribution in [0.3, 0.4) is 0 Å². The Kier molecular flexibility index (Phi) is 5.68. The monoisotopic (exact) mass is 321 g/mol. The van der Waals surface area contributed by atoms with E-state index in [9.17, 15) is 14.9 Å². The highest BCUT2D eigenvalue weighted by Gasteiger charge is 2.32. The number of nitro groups is 1. The van der Waals surface area contributed by atoms with Crippen LogP contribution in [0.1, 0.15) is 28.8 Å². The lowest BCUT2D eigenvalue weighted by Gasteiger charge is -2.37. The molecule has 2 N–H and O–H groups in total. The number of rotatable bonds is 6. The highest BCUT2D eigenvalue weighted by Crippen LogP contribution is 2.28. The molecule has 1 aliphatic heterocycles. The molecule has 1 aromatic carbocycles. The van der Waals surface area contributed by atoms with E-state index < -0.39 is 4.92 Å². The van der Waals surface area contributed by atoms with Crippen molar-refractivity contribution < 1.29 is 14.5 Å². The molecular formula is C16H23N3O4. The van der Waals surface area contributed by atoms with Gasteiger partial charge in [-0.05, 0) is 44.5 Å². The van der Waals surface area contributed by atoms with Crippen LogP contribution in [0.5, 0.6) is 0 Å². The first-order valence-corrected chi connectivity index (χ1v) is 7.70. The Morgan fingerprint density at radius 1 is 1.43 bits per heavy atom. The topological polar surface area (TPSA) is 93.5 Å². The minimum absolute atomic E-state index is 0.00624. The van der Waals surface area contributed by atoms with E-state index in [-0.39, 0.29) is 17.0 Å². The quantitative estimate of drug-likeness (QED) is 0.614. The summed E-state index contributed by atoms with van der Waals surface area (Å²) in [5, 5.41) is 17.0. The summed E-state index contributed by atoms with van der Waals surface area (Å²) in [6.45, 7) is 4.68. The van der Waals surface area contributed by atoms with E-state index in [0.717, 1.165) is 25.9 Å². The van der Waals surface area contributed by atoms with Crippen LogP contribution in [0, 0.1) is 22.5 Å². The van der Waals surface area contributed by atoms with Gasteiger partial charge in [-0.3, -0.25) is 14.9 Å². The lowest BCUT2D eigenvalue weighted by Crippen LogP contribution is -2.47. The van der Waals surface area contributed by atoms with E-state index in [1.54, 1.807) is 14.0 Å². The number of aryl methyl sites for hydroxylation is 1. The molecule has 0 aliphatic carbocycles. The Morgan fingerprint density at radius 3 is 2.70 bits per heavy atom. The van der Waals surface area contributed by atoms with Crippen molar-refractivity contribution in [3.63, 3.8) is 0 Å². The predicted molar refractivity (Wildman–Crippen MR) is 86.6 cm³/mol. The number of nitrogens with one attached hydrogen (secondary N) is 2. The second kappa shape index (κ2) is 7.52. The molecule has 2 rings (SSSR count). The van der Waals surface area contributed by atoms with Crippen molar-refractivity contribution >= 4 is 11.6 Å². The molecule has 23 heavy (non-hydrogen) atoms. The van der Waals surface area contributed by atoms with Gasteiger partial charge in [-0.1, -0.05) is 0 Å². The summed E-state index contributed by atoms with van der Waals surface area (Å²) in [5.74, 6) is -0.202. The summed E-state index contributed by atoms with van der Waals surface area (Å²) in [6, 6.07) is 4.29. The highest BCUT2D eigenvalue weighted by atomic mass is 16.6. The van der Waals surface area contributed by atoms with Crippen molar-refractivity contribution in [2.24, 2.45) is 5.41 Å². The second-order valence-corrected chi connectivity index (χ2v) is 6.12. The number of hydrogen-bond donors (Lipinski definition) is 2. The van der Waals surface area contributed by atoms with E-state index in [0.29, 0.717) is 24.3 Å². The Balaban J connectivity index is 2.05. The number of carbonyl (C=O) groups excluding carboxylic acids is 1. The first-order chi connectivity index (χ1) is 11.0. The van der Waals surface area contributed by atoms with E-state index in [4.69, 9.17) is 4.74 Å². The van der Waals surface area contributed by atoms with Crippen LogP contribution in [0.2, 0.25) is 0 Å². The Morgan fingerprint density at radius 2 is 2.13 bits per heavy atom. The molecule has 0 aromatic heterocycles. The lowest BCUT2D eigenvalue weighted by molar-refractivity contribution is -0.384. The minimum atomic E-state index is -0.461. The van der Waals surface area contributed by atoms with E-state index >= 15 is 0 Å². The van der Waals surface area contributed by atoms with Gasteiger partial charge in [0.15, 0.2) is 0 Å². The predicted octanol–water partition coefficient (Wildman–Crippen LogP) is 1.65. The molecule has 1 aromatic rings. The molecule has 0 unspecified atom stereocenters. The van der Waals surface area contributed by atoms with Crippen molar-refractivity contribution in [1.82, 2.24) is 10.6 Å². The van der Waals surface area contributed by atoms with Crippen molar-refractivity contribution in [2.45, 2.75) is 19.8 Å². The number of methoxy groups -OCH3 is 1. The number of non-ortho nitro benzene ring substituents is 1. The number of benzene rings is 1. The van der Waals surface area contributed by atoms with Crippen LogP contribution in [0.25, 0.3) is 0 Å². The molecule has 126 valence electrons. The molecule has 1 fully saturated rings. The normalized spacial score (nSPS) is 16.8. The van der Waals surface area contributed by atoms with Crippen molar-refractivity contribution in [3.8, 4) is 0 Å². The maximum absolute atomic E-state index is 12.4. The molecule has 0 spiro atoms. The second-order valence-electron chi connectivity index (χ2n) is 6.12. The average Bonchev–Trinajstić information content (AvgIpc) is 2.53. The van der Waals surface area contributed by atoms with Gasteiger partial charge in [0.05, 0.1) is 11.5 Å². The Bertz CT molecular complexity index is 577.